The SMILES string of the molecule is Clc1ccc(-c2cc(-c3ccco3)cc(-c3ccc(Cl)cc3)n2)cc1. The van der Waals surface area contributed by atoms with Crippen LogP contribution in [-0.2, 0) is 0 Å². The van der Waals surface area contributed by atoms with Crippen LogP contribution >= 0.6 is 23.2 Å². The highest BCUT2D eigenvalue weighted by Gasteiger charge is 2.10. The molecule has 2 aromatic carbocycles. The Balaban J connectivity index is 1.88. The predicted octanol–water partition coefficient (Wildman–Crippen LogP) is 6.98. The van der Waals surface area contributed by atoms with Crippen molar-refractivity contribution in [2.45, 2.75) is 0 Å². The van der Waals surface area contributed by atoms with Crippen molar-refractivity contribution < 1.29 is 4.42 Å². The largest absolute Gasteiger partial charge is 0.464 e. The minimum atomic E-state index is 0.698. The van der Waals surface area contributed by atoms with Gasteiger partial charge in [-0.2, -0.15) is 0 Å². The Hall–Kier alpha value is -2.55. The second-order valence-corrected chi connectivity index (χ2v) is 6.49. The van der Waals surface area contributed by atoms with Crippen molar-refractivity contribution in [3.63, 3.8) is 0 Å². The standard InChI is InChI=1S/C21H13Cl2NO/c22-17-7-3-14(4-8-17)19-12-16(21-2-1-11-25-21)13-20(24-19)15-5-9-18(23)10-6-15/h1-13H. The number of aromatic nitrogens is 1. The number of hydrogen-bond donors (Lipinski definition) is 0. The molecular weight excluding hydrogens is 353 g/mol. The van der Waals surface area contributed by atoms with Crippen LogP contribution in [0.25, 0.3) is 33.8 Å². The monoisotopic (exact) mass is 365 g/mol. The molecule has 0 fully saturated rings. The first-order valence-electron chi connectivity index (χ1n) is 7.77. The summed E-state index contributed by atoms with van der Waals surface area (Å²) in [4.78, 5) is 4.82. The van der Waals surface area contributed by atoms with Crippen molar-refractivity contribution >= 4 is 23.2 Å². The Morgan fingerprint density at radius 3 is 1.60 bits per heavy atom. The lowest BCUT2D eigenvalue weighted by Crippen LogP contribution is -1.90. The maximum atomic E-state index is 6.01. The molecule has 0 unspecified atom stereocenters. The number of halogens is 2. The van der Waals surface area contributed by atoms with Crippen molar-refractivity contribution in [3.05, 3.63) is 89.1 Å². The summed E-state index contributed by atoms with van der Waals surface area (Å²) in [6.45, 7) is 0. The molecule has 0 spiro atoms. The van der Waals surface area contributed by atoms with Crippen LogP contribution in [0, 0.1) is 0 Å². The van der Waals surface area contributed by atoms with E-state index >= 15 is 0 Å². The molecule has 2 heterocycles. The number of hydrogen-bond acceptors (Lipinski definition) is 2. The van der Waals surface area contributed by atoms with E-state index in [1.807, 2.05) is 72.8 Å². The third kappa shape index (κ3) is 3.46. The lowest BCUT2D eigenvalue weighted by Gasteiger charge is -2.09. The third-order valence-electron chi connectivity index (χ3n) is 3.91. The van der Waals surface area contributed by atoms with Crippen LogP contribution in [-0.4, -0.2) is 4.98 Å². The first kappa shape index (κ1) is 15.9. The lowest BCUT2D eigenvalue weighted by molar-refractivity contribution is 0.582. The minimum Gasteiger partial charge on any atom is -0.464 e. The average molecular weight is 366 g/mol. The van der Waals surface area contributed by atoms with E-state index < -0.39 is 0 Å². The fraction of sp³-hybridized carbons (Fsp3) is 0. The molecule has 0 saturated carbocycles. The summed E-state index contributed by atoms with van der Waals surface area (Å²) in [6.07, 6.45) is 1.67. The Morgan fingerprint density at radius 2 is 1.16 bits per heavy atom. The highest BCUT2D eigenvalue weighted by atomic mass is 35.5. The Kier molecular flexibility index (Phi) is 4.31. The molecule has 0 N–H and O–H groups in total. The van der Waals surface area contributed by atoms with Crippen molar-refractivity contribution in [1.82, 2.24) is 4.98 Å². The first-order valence-corrected chi connectivity index (χ1v) is 8.52. The summed E-state index contributed by atoms with van der Waals surface area (Å²) in [6, 6.07) is 23.1. The van der Waals surface area contributed by atoms with Gasteiger partial charge in [-0.05, 0) is 48.5 Å². The molecular formula is C21H13Cl2NO. The van der Waals surface area contributed by atoms with E-state index in [0.717, 1.165) is 33.8 Å². The molecule has 4 rings (SSSR count). The van der Waals surface area contributed by atoms with Crippen LogP contribution in [0.4, 0.5) is 0 Å². The van der Waals surface area contributed by atoms with E-state index in [2.05, 4.69) is 0 Å². The van der Waals surface area contributed by atoms with Crippen LogP contribution in [0.1, 0.15) is 0 Å². The second kappa shape index (κ2) is 6.75. The zero-order valence-electron chi connectivity index (χ0n) is 13.1. The molecule has 4 aromatic rings. The van der Waals surface area contributed by atoms with E-state index in [9.17, 15) is 0 Å². The molecule has 2 nitrogen and oxygen atoms in total. The van der Waals surface area contributed by atoms with Gasteiger partial charge in [-0.1, -0.05) is 47.5 Å². The van der Waals surface area contributed by atoms with Gasteiger partial charge in [-0.25, -0.2) is 4.98 Å². The third-order valence-corrected chi connectivity index (χ3v) is 4.41. The van der Waals surface area contributed by atoms with Gasteiger partial charge in [0.25, 0.3) is 0 Å². The van der Waals surface area contributed by atoms with Crippen LogP contribution < -0.4 is 0 Å². The van der Waals surface area contributed by atoms with Gasteiger partial charge in [-0.15, -0.1) is 0 Å². The molecule has 25 heavy (non-hydrogen) atoms. The molecule has 4 heteroatoms. The molecule has 2 aromatic heterocycles. The zero-order valence-corrected chi connectivity index (χ0v) is 14.6. The normalized spacial score (nSPS) is 10.8. The molecule has 0 saturated heterocycles. The number of benzene rings is 2. The fourth-order valence-electron chi connectivity index (χ4n) is 2.65. The molecule has 0 atom stereocenters. The summed E-state index contributed by atoms with van der Waals surface area (Å²) in [5.41, 5.74) is 4.67. The van der Waals surface area contributed by atoms with E-state index in [1.54, 1.807) is 6.26 Å². The number of pyridine rings is 1. The highest BCUT2D eigenvalue weighted by Crippen LogP contribution is 2.31. The Morgan fingerprint density at radius 1 is 0.640 bits per heavy atom. The summed E-state index contributed by atoms with van der Waals surface area (Å²) in [5.74, 6) is 0.799. The quantitative estimate of drug-likeness (QED) is 0.391. The van der Waals surface area contributed by atoms with E-state index in [1.165, 1.54) is 0 Å². The summed E-state index contributed by atoms with van der Waals surface area (Å²) in [5, 5.41) is 1.40. The van der Waals surface area contributed by atoms with Gasteiger partial charge >= 0.3 is 0 Å². The smallest absolute Gasteiger partial charge is 0.134 e. The van der Waals surface area contributed by atoms with Gasteiger partial charge in [0.1, 0.15) is 5.76 Å². The van der Waals surface area contributed by atoms with Gasteiger partial charge in [0.05, 0.1) is 17.7 Å². The maximum absolute atomic E-state index is 6.01. The molecule has 0 aliphatic carbocycles. The summed E-state index contributed by atoms with van der Waals surface area (Å²) < 4.78 is 5.57. The minimum absolute atomic E-state index is 0.698. The van der Waals surface area contributed by atoms with E-state index in [-0.39, 0.29) is 0 Å². The summed E-state index contributed by atoms with van der Waals surface area (Å²) in [7, 11) is 0. The van der Waals surface area contributed by atoms with Gasteiger partial charge in [-0.3, -0.25) is 0 Å². The topological polar surface area (TPSA) is 26.0 Å². The number of furan rings is 1. The van der Waals surface area contributed by atoms with Gasteiger partial charge in [0.2, 0.25) is 0 Å². The zero-order chi connectivity index (χ0) is 17.2. The Labute approximate surface area is 155 Å². The van der Waals surface area contributed by atoms with Crippen molar-refractivity contribution in [2.75, 3.05) is 0 Å². The molecule has 0 aliphatic rings. The van der Waals surface area contributed by atoms with E-state index in [4.69, 9.17) is 32.6 Å². The molecule has 0 bridgehead atoms. The van der Waals surface area contributed by atoms with Crippen LogP contribution in [0.5, 0.6) is 0 Å². The van der Waals surface area contributed by atoms with Crippen LogP contribution in [0.3, 0.4) is 0 Å². The van der Waals surface area contributed by atoms with Gasteiger partial charge in [0.15, 0.2) is 0 Å². The van der Waals surface area contributed by atoms with Crippen LogP contribution in [0.15, 0.2) is 83.5 Å². The van der Waals surface area contributed by atoms with Crippen molar-refractivity contribution in [1.29, 1.82) is 0 Å². The highest BCUT2D eigenvalue weighted by molar-refractivity contribution is 6.30. The van der Waals surface area contributed by atoms with Crippen LogP contribution in [0.2, 0.25) is 10.0 Å². The summed E-state index contributed by atoms with van der Waals surface area (Å²) >= 11 is 12.0. The van der Waals surface area contributed by atoms with Gasteiger partial charge in [0, 0.05) is 26.7 Å². The van der Waals surface area contributed by atoms with Gasteiger partial charge < -0.3 is 4.42 Å². The second-order valence-electron chi connectivity index (χ2n) is 5.62. The Bertz CT molecular complexity index is 928. The maximum Gasteiger partial charge on any atom is 0.134 e. The molecule has 0 amide bonds. The molecule has 0 aliphatic heterocycles. The molecule has 0 radical (unpaired) electrons. The number of rotatable bonds is 3. The molecule has 122 valence electrons. The predicted molar refractivity (Wildman–Crippen MR) is 103 cm³/mol. The fourth-order valence-corrected chi connectivity index (χ4v) is 2.90. The number of nitrogens with zero attached hydrogens (tertiary/aromatic N) is 1. The van der Waals surface area contributed by atoms with Crippen molar-refractivity contribution in [2.24, 2.45) is 0 Å². The first-order chi connectivity index (χ1) is 12.2. The average Bonchev–Trinajstić information content (AvgIpc) is 3.17. The lowest BCUT2D eigenvalue weighted by atomic mass is 10.0. The van der Waals surface area contributed by atoms with Crippen molar-refractivity contribution in [3.8, 4) is 33.8 Å². The van der Waals surface area contributed by atoms with E-state index in [0.29, 0.717) is 10.0 Å².